The van der Waals surface area contributed by atoms with E-state index >= 15 is 0 Å². The molecule has 0 saturated heterocycles. The molecule has 8 heteroatoms. The molecule has 100 valence electrons. The van der Waals surface area contributed by atoms with Crippen molar-refractivity contribution in [3.05, 3.63) is 5.28 Å². The van der Waals surface area contributed by atoms with Crippen LogP contribution in [0.3, 0.4) is 0 Å². The van der Waals surface area contributed by atoms with Gasteiger partial charge in [-0.05, 0) is 25.4 Å². The van der Waals surface area contributed by atoms with E-state index in [1.165, 1.54) is 0 Å². The molecule has 0 aromatic carbocycles. The zero-order chi connectivity index (χ0) is 13.9. The lowest BCUT2D eigenvalue weighted by Gasteiger charge is -2.25. The molecule has 1 aromatic rings. The Balaban J connectivity index is 3.15. The van der Waals surface area contributed by atoms with Crippen LogP contribution < -0.4 is 15.5 Å². The summed E-state index contributed by atoms with van der Waals surface area (Å²) in [5.41, 5.74) is 5.21. The summed E-state index contributed by atoms with van der Waals surface area (Å²) in [5.74, 6) is 0.319. The minimum atomic E-state index is -0.452. The van der Waals surface area contributed by atoms with Crippen LogP contribution in [0.1, 0.15) is 13.8 Å². The highest BCUT2D eigenvalue weighted by molar-refractivity contribution is 6.28. The van der Waals surface area contributed by atoms with Crippen LogP contribution in [-0.4, -0.2) is 47.5 Å². The Labute approximate surface area is 111 Å². The van der Waals surface area contributed by atoms with Crippen molar-refractivity contribution in [2.24, 2.45) is 5.73 Å². The number of nitrogens with two attached hydrogens (primary N) is 1. The van der Waals surface area contributed by atoms with Gasteiger partial charge in [-0.1, -0.05) is 0 Å². The molecule has 2 N–H and O–H groups in total. The van der Waals surface area contributed by atoms with Gasteiger partial charge >= 0.3 is 0 Å². The number of rotatable bonds is 5. The average molecular weight is 273 g/mol. The highest BCUT2D eigenvalue weighted by atomic mass is 35.5. The first-order chi connectivity index (χ1) is 8.31. The monoisotopic (exact) mass is 272 g/mol. The van der Waals surface area contributed by atoms with Crippen molar-refractivity contribution in [1.82, 2.24) is 15.0 Å². The zero-order valence-corrected chi connectivity index (χ0v) is 11.6. The van der Waals surface area contributed by atoms with Crippen LogP contribution in [0.5, 0.6) is 0 Å². The predicted octanol–water partition coefficient (Wildman–Crippen LogP) is 0.291. The highest BCUT2D eigenvalue weighted by Crippen LogP contribution is 2.16. The highest BCUT2D eigenvalue weighted by Gasteiger charge is 2.18. The molecule has 0 aliphatic heterocycles. The fourth-order valence-electron chi connectivity index (χ4n) is 1.31. The zero-order valence-electron chi connectivity index (χ0n) is 10.9. The van der Waals surface area contributed by atoms with Gasteiger partial charge in [0.2, 0.25) is 23.1 Å². The first kappa shape index (κ1) is 14.4. The maximum absolute atomic E-state index is 11.1. The Hall–Kier alpha value is -1.63. The molecule has 0 spiro atoms. The normalized spacial score (nSPS) is 10.6. The molecule has 7 nitrogen and oxygen atoms in total. The SMILES string of the molecule is CC(C)N(CC(N)=O)c1nc(Cl)nc(N(C)C)n1. The van der Waals surface area contributed by atoms with Gasteiger partial charge in [0, 0.05) is 20.1 Å². The molecule has 0 radical (unpaired) electrons. The number of nitrogens with zero attached hydrogens (tertiary/aromatic N) is 5. The molecule has 1 rings (SSSR count). The van der Waals surface area contributed by atoms with E-state index in [1.54, 1.807) is 23.9 Å². The molecule has 0 aliphatic rings. The van der Waals surface area contributed by atoms with Crippen molar-refractivity contribution >= 4 is 29.4 Å². The van der Waals surface area contributed by atoms with E-state index in [2.05, 4.69) is 15.0 Å². The van der Waals surface area contributed by atoms with E-state index in [-0.39, 0.29) is 17.9 Å². The number of hydrogen-bond acceptors (Lipinski definition) is 6. The smallest absolute Gasteiger partial charge is 0.237 e. The molecular formula is C10H17ClN6O. The lowest BCUT2D eigenvalue weighted by molar-refractivity contribution is -0.116. The lowest BCUT2D eigenvalue weighted by Crippen LogP contribution is -2.40. The summed E-state index contributed by atoms with van der Waals surface area (Å²) in [6.07, 6.45) is 0. The Bertz CT molecular complexity index is 436. The fraction of sp³-hybridized carbons (Fsp3) is 0.600. The molecular weight excluding hydrogens is 256 g/mol. The second-order valence-electron chi connectivity index (χ2n) is 4.29. The van der Waals surface area contributed by atoms with Gasteiger partial charge in [-0.25, -0.2) is 0 Å². The summed E-state index contributed by atoms with van der Waals surface area (Å²) in [6, 6.07) is 0.0194. The number of anilines is 2. The molecule has 0 fully saturated rings. The summed E-state index contributed by atoms with van der Waals surface area (Å²) in [6.45, 7) is 3.86. The summed E-state index contributed by atoms with van der Waals surface area (Å²) < 4.78 is 0. The van der Waals surface area contributed by atoms with Crippen LogP contribution in [0.15, 0.2) is 0 Å². The van der Waals surface area contributed by atoms with Crippen molar-refractivity contribution in [3.8, 4) is 0 Å². The Morgan fingerprint density at radius 2 is 1.83 bits per heavy atom. The average Bonchev–Trinajstić information content (AvgIpc) is 2.24. The van der Waals surface area contributed by atoms with Crippen LogP contribution in [0.4, 0.5) is 11.9 Å². The molecule has 1 amide bonds. The number of halogens is 1. The third kappa shape index (κ3) is 3.69. The van der Waals surface area contributed by atoms with Gasteiger partial charge in [-0.15, -0.1) is 0 Å². The van der Waals surface area contributed by atoms with Crippen molar-refractivity contribution in [2.45, 2.75) is 19.9 Å². The topological polar surface area (TPSA) is 88.2 Å². The molecule has 0 aliphatic carbocycles. The Morgan fingerprint density at radius 3 is 2.28 bits per heavy atom. The number of amides is 1. The van der Waals surface area contributed by atoms with E-state index in [0.717, 1.165) is 0 Å². The van der Waals surface area contributed by atoms with E-state index in [9.17, 15) is 4.79 Å². The third-order valence-corrected chi connectivity index (χ3v) is 2.36. The Kier molecular flexibility index (Phi) is 4.66. The fourth-order valence-corrected chi connectivity index (χ4v) is 1.46. The van der Waals surface area contributed by atoms with E-state index in [4.69, 9.17) is 17.3 Å². The number of carbonyl (C=O) groups excluding carboxylic acids is 1. The second kappa shape index (κ2) is 5.81. The van der Waals surface area contributed by atoms with Crippen LogP contribution >= 0.6 is 11.6 Å². The predicted molar refractivity (Wildman–Crippen MR) is 70.8 cm³/mol. The van der Waals surface area contributed by atoms with Gasteiger partial charge in [0.15, 0.2) is 0 Å². The maximum Gasteiger partial charge on any atom is 0.237 e. The van der Waals surface area contributed by atoms with Gasteiger partial charge < -0.3 is 15.5 Å². The summed E-state index contributed by atoms with van der Waals surface area (Å²) in [4.78, 5) is 26.7. The number of hydrogen-bond donors (Lipinski definition) is 1. The lowest BCUT2D eigenvalue weighted by atomic mass is 10.3. The van der Waals surface area contributed by atoms with Crippen molar-refractivity contribution < 1.29 is 4.79 Å². The minimum absolute atomic E-state index is 0.0194. The van der Waals surface area contributed by atoms with Crippen molar-refractivity contribution in [1.29, 1.82) is 0 Å². The molecule has 1 aromatic heterocycles. The van der Waals surface area contributed by atoms with Crippen molar-refractivity contribution in [2.75, 3.05) is 30.4 Å². The maximum atomic E-state index is 11.1. The van der Waals surface area contributed by atoms with Gasteiger partial charge in [-0.2, -0.15) is 15.0 Å². The Morgan fingerprint density at radius 1 is 1.28 bits per heavy atom. The van der Waals surface area contributed by atoms with Crippen LogP contribution in [-0.2, 0) is 4.79 Å². The van der Waals surface area contributed by atoms with Gasteiger partial charge in [0.1, 0.15) is 0 Å². The molecule has 0 atom stereocenters. The quantitative estimate of drug-likeness (QED) is 0.829. The van der Waals surface area contributed by atoms with Gasteiger partial charge in [0.05, 0.1) is 6.54 Å². The largest absolute Gasteiger partial charge is 0.368 e. The minimum Gasteiger partial charge on any atom is -0.368 e. The summed E-state index contributed by atoms with van der Waals surface area (Å²) in [7, 11) is 3.59. The molecule has 0 bridgehead atoms. The van der Waals surface area contributed by atoms with E-state index in [1.807, 2.05) is 13.8 Å². The summed E-state index contributed by atoms with van der Waals surface area (Å²) >= 11 is 5.85. The van der Waals surface area contributed by atoms with Crippen LogP contribution in [0.2, 0.25) is 5.28 Å². The molecule has 0 unspecified atom stereocenters. The number of carbonyl (C=O) groups is 1. The number of primary amides is 1. The molecule has 1 heterocycles. The second-order valence-corrected chi connectivity index (χ2v) is 4.62. The van der Waals surface area contributed by atoms with Gasteiger partial charge in [-0.3, -0.25) is 4.79 Å². The number of aromatic nitrogens is 3. The van der Waals surface area contributed by atoms with E-state index < -0.39 is 5.91 Å². The van der Waals surface area contributed by atoms with Crippen LogP contribution in [0, 0.1) is 0 Å². The first-order valence-corrected chi connectivity index (χ1v) is 5.83. The van der Waals surface area contributed by atoms with Crippen molar-refractivity contribution in [3.63, 3.8) is 0 Å². The van der Waals surface area contributed by atoms with Crippen LogP contribution in [0.25, 0.3) is 0 Å². The molecule has 18 heavy (non-hydrogen) atoms. The molecule has 0 saturated carbocycles. The summed E-state index contributed by atoms with van der Waals surface area (Å²) in [5, 5.41) is 0.0822. The first-order valence-electron chi connectivity index (χ1n) is 5.45. The van der Waals surface area contributed by atoms with E-state index in [0.29, 0.717) is 11.9 Å². The standard InChI is InChI=1S/C10H17ClN6O/c1-6(2)17(5-7(12)18)10-14-8(11)13-9(15-10)16(3)4/h6H,5H2,1-4H3,(H2,12,18). The van der Waals surface area contributed by atoms with Gasteiger partial charge in [0.25, 0.3) is 0 Å². The third-order valence-electron chi connectivity index (χ3n) is 2.19.